The smallest absolute Gasteiger partial charge is 0.421 e. The summed E-state index contributed by atoms with van der Waals surface area (Å²) in [6, 6.07) is 9.04. The third-order valence-corrected chi connectivity index (χ3v) is 3.82. The van der Waals surface area contributed by atoms with E-state index in [2.05, 4.69) is 4.74 Å². The standard InChI is InChI=1S/C12H19N3O4S/c1-2-19-12(16)14-20(17,18)15(9-8-13)10-11-6-4-3-5-7-11/h3-7H,2,8-10,13H2,1H3,(H,14,16). The third kappa shape index (κ3) is 5.16. The molecule has 0 saturated carbocycles. The van der Waals surface area contributed by atoms with Crippen LogP contribution in [0.3, 0.4) is 0 Å². The minimum Gasteiger partial charge on any atom is -0.449 e. The molecule has 0 aromatic heterocycles. The molecule has 0 atom stereocenters. The summed E-state index contributed by atoms with van der Waals surface area (Å²) in [5, 5.41) is 0. The van der Waals surface area contributed by atoms with Gasteiger partial charge in [0.2, 0.25) is 0 Å². The molecule has 0 saturated heterocycles. The van der Waals surface area contributed by atoms with Gasteiger partial charge in [0.1, 0.15) is 0 Å². The molecule has 0 heterocycles. The van der Waals surface area contributed by atoms with Crippen molar-refractivity contribution in [1.29, 1.82) is 0 Å². The highest BCUT2D eigenvalue weighted by Crippen LogP contribution is 2.07. The predicted octanol–water partition coefficient (Wildman–Crippen LogP) is 0.438. The maximum Gasteiger partial charge on any atom is 0.421 e. The van der Waals surface area contributed by atoms with Crippen LogP contribution in [0.5, 0.6) is 0 Å². The van der Waals surface area contributed by atoms with Crippen LogP contribution in [0.25, 0.3) is 0 Å². The second-order valence-electron chi connectivity index (χ2n) is 3.94. The lowest BCUT2D eigenvalue weighted by atomic mass is 10.2. The third-order valence-electron chi connectivity index (χ3n) is 2.41. The Morgan fingerprint density at radius 2 is 2.00 bits per heavy atom. The van der Waals surface area contributed by atoms with E-state index in [-0.39, 0.29) is 26.2 Å². The van der Waals surface area contributed by atoms with E-state index >= 15 is 0 Å². The van der Waals surface area contributed by atoms with Crippen molar-refractivity contribution in [1.82, 2.24) is 9.03 Å². The molecule has 0 aliphatic carbocycles. The molecule has 1 rings (SSSR count). The van der Waals surface area contributed by atoms with Crippen molar-refractivity contribution in [2.24, 2.45) is 5.73 Å². The number of carbonyl (C=O) groups is 1. The summed E-state index contributed by atoms with van der Waals surface area (Å²) in [7, 11) is -3.98. The molecule has 0 fully saturated rings. The van der Waals surface area contributed by atoms with Crippen LogP contribution in [0.2, 0.25) is 0 Å². The van der Waals surface area contributed by atoms with Gasteiger partial charge in [0, 0.05) is 19.6 Å². The lowest BCUT2D eigenvalue weighted by Crippen LogP contribution is -2.45. The molecule has 1 aromatic rings. The van der Waals surface area contributed by atoms with Crippen LogP contribution >= 0.6 is 0 Å². The molecule has 0 radical (unpaired) electrons. The topological polar surface area (TPSA) is 102 Å². The molecule has 8 heteroatoms. The quantitative estimate of drug-likeness (QED) is 0.761. The van der Waals surface area contributed by atoms with Crippen molar-refractivity contribution in [3.63, 3.8) is 0 Å². The first-order valence-corrected chi connectivity index (χ1v) is 7.62. The zero-order chi connectivity index (χ0) is 15.0. The van der Waals surface area contributed by atoms with Gasteiger partial charge in [-0.2, -0.15) is 12.7 Å². The predicted molar refractivity (Wildman–Crippen MR) is 75.0 cm³/mol. The number of rotatable bonds is 7. The lowest BCUT2D eigenvalue weighted by molar-refractivity contribution is 0.158. The number of hydrogen-bond acceptors (Lipinski definition) is 5. The first-order valence-electron chi connectivity index (χ1n) is 6.18. The van der Waals surface area contributed by atoms with Gasteiger partial charge in [0.15, 0.2) is 0 Å². The van der Waals surface area contributed by atoms with Crippen LogP contribution in [0.1, 0.15) is 12.5 Å². The highest BCUT2D eigenvalue weighted by Gasteiger charge is 2.24. The molecule has 0 aliphatic rings. The minimum atomic E-state index is -3.98. The highest BCUT2D eigenvalue weighted by atomic mass is 32.2. The van der Waals surface area contributed by atoms with Gasteiger partial charge >= 0.3 is 16.3 Å². The van der Waals surface area contributed by atoms with Crippen molar-refractivity contribution in [2.75, 3.05) is 19.7 Å². The molecular formula is C12H19N3O4S. The van der Waals surface area contributed by atoms with E-state index in [0.717, 1.165) is 9.87 Å². The molecule has 112 valence electrons. The Morgan fingerprint density at radius 3 is 2.55 bits per heavy atom. The Balaban J connectivity index is 2.81. The summed E-state index contributed by atoms with van der Waals surface area (Å²) in [6.07, 6.45) is -0.998. The van der Waals surface area contributed by atoms with Gasteiger partial charge in [-0.25, -0.2) is 9.52 Å². The number of amides is 1. The minimum absolute atomic E-state index is 0.0942. The largest absolute Gasteiger partial charge is 0.449 e. The molecular weight excluding hydrogens is 282 g/mol. The first kappa shape index (κ1) is 16.4. The van der Waals surface area contributed by atoms with Crippen LogP contribution in [0, 0.1) is 0 Å². The fraction of sp³-hybridized carbons (Fsp3) is 0.417. The Hall–Kier alpha value is -1.64. The van der Waals surface area contributed by atoms with Gasteiger partial charge < -0.3 is 10.5 Å². The summed E-state index contributed by atoms with van der Waals surface area (Å²) < 4.78 is 31.6. The van der Waals surface area contributed by atoms with Gasteiger partial charge in [-0.1, -0.05) is 30.3 Å². The molecule has 1 amide bonds. The Labute approximate surface area is 118 Å². The van der Waals surface area contributed by atoms with Crippen LogP contribution < -0.4 is 10.5 Å². The zero-order valence-electron chi connectivity index (χ0n) is 11.3. The molecule has 0 unspecified atom stereocenters. The Morgan fingerprint density at radius 1 is 1.35 bits per heavy atom. The number of carbonyl (C=O) groups excluding carboxylic acids is 1. The maximum atomic E-state index is 12.1. The summed E-state index contributed by atoms with van der Waals surface area (Å²) in [6.45, 7) is 2.07. The number of nitrogens with two attached hydrogens (primary N) is 1. The van der Waals surface area contributed by atoms with Gasteiger partial charge in [-0.3, -0.25) is 0 Å². The number of nitrogens with one attached hydrogen (secondary N) is 1. The molecule has 7 nitrogen and oxygen atoms in total. The number of hydrogen-bond donors (Lipinski definition) is 2. The fourth-order valence-electron chi connectivity index (χ4n) is 1.55. The lowest BCUT2D eigenvalue weighted by Gasteiger charge is -2.21. The average molecular weight is 301 g/mol. The van der Waals surface area contributed by atoms with E-state index in [1.54, 1.807) is 31.2 Å². The average Bonchev–Trinajstić information content (AvgIpc) is 2.39. The Kier molecular flexibility index (Phi) is 6.43. The second kappa shape index (κ2) is 7.83. The van der Waals surface area contributed by atoms with E-state index < -0.39 is 16.3 Å². The van der Waals surface area contributed by atoms with Crippen molar-refractivity contribution in [2.45, 2.75) is 13.5 Å². The van der Waals surface area contributed by atoms with E-state index in [9.17, 15) is 13.2 Å². The van der Waals surface area contributed by atoms with Crippen molar-refractivity contribution >= 4 is 16.3 Å². The van der Waals surface area contributed by atoms with E-state index in [1.807, 2.05) is 10.8 Å². The van der Waals surface area contributed by atoms with Crippen molar-refractivity contribution in [3.8, 4) is 0 Å². The molecule has 3 N–H and O–H groups in total. The number of benzene rings is 1. The van der Waals surface area contributed by atoms with Crippen molar-refractivity contribution in [3.05, 3.63) is 35.9 Å². The fourth-order valence-corrected chi connectivity index (χ4v) is 2.61. The van der Waals surface area contributed by atoms with Crippen LogP contribution in [0.4, 0.5) is 4.79 Å². The second-order valence-corrected chi connectivity index (χ2v) is 5.61. The molecule has 0 spiro atoms. The SMILES string of the molecule is CCOC(=O)NS(=O)(=O)N(CCN)Cc1ccccc1. The molecule has 1 aromatic carbocycles. The zero-order valence-corrected chi connectivity index (χ0v) is 12.1. The summed E-state index contributed by atoms with van der Waals surface area (Å²) in [5.41, 5.74) is 6.22. The van der Waals surface area contributed by atoms with Gasteiger partial charge in [-0.05, 0) is 12.5 Å². The first-order chi connectivity index (χ1) is 9.49. The number of nitrogens with zero attached hydrogens (tertiary/aromatic N) is 1. The monoisotopic (exact) mass is 301 g/mol. The molecule has 0 aliphatic heterocycles. The summed E-state index contributed by atoms with van der Waals surface area (Å²) in [4.78, 5) is 11.2. The Bertz CT molecular complexity index is 519. The van der Waals surface area contributed by atoms with Gasteiger partial charge in [0.05, 0.1) is 6.61 Å². The molecule has 20 heavy (non-hydrogen) atoms. The van der Waals surface area contributed by atoms with Crippen molar-refractivity contribution < 1.29 is 17.9 Å². The van der Waals surface area contributed by atoms with E-state index in [4.69, 9.17) is 5.73 Å². The van der Waals surface area contributed by atoms with E-state index in [0.29, 0.717) is 0 Å². The number of ether oxygens (including phenoxy) is 1. The van der Waals surface area contributed by atoms with E-state index in [1.165, 1.54) is 0 Å². The van der Waals surface area contributed by atoms with Crippen LogP contribution in [-0.4, -0.2) is 38.5 Å². The summed E-state index contributed by atoms with van der Waals surface area (Å²) >= 11 is 0. The van der Waals surface area contributed by atoms with Gasteiger partial charge in [-0.15, -0.1) is 0 Å². The molecule has 0 bridgehead atoms. The summed E-state index contributed by atoms with van der Waals surface area (Å²) in [5.74, 6) is 0. The van der Waals surface area contributed by atoms with Crippen LogP contribution in [0.15, 0.2) is 30.3 Å². The van der Waals surface area contributed by atoms with Gasteiger partial charge in [0.25, 0.3) is 0 Å². The maximum absolute atomic E-state index is 12.1. The highest BCUT2D eigenvalue weighted by molar-refractivity contribution is 7.87. The normalized spacial score (nSPS) is 11.3. The van der Waals surface area contributed by atoms with Crippen LogP contribution in [-0.2, 0) is 21.5 Å².